The topological polar surface area (TPSA) is 70.1 Å². The van der Waals surface area contributed by atoms with Crippen molar-refractivity contribution in [1.82, 2.24) is 9.78 Å². The lowest BCUT2D eigenvalue weighted by atomic mass is 9.79. The van der Waals surface area contributed by atoms with E-state index in [9.17, 15) is 4.79 Å². The summed E-state index contributed by atoms with van der Waals surface area (Å²) in [6.07, 6.45) is 5.47. The van der Waals surface area contributed by atoms with Gasteiger partial charge in [0.15, 0.2) is 5.69 Å². The number of rotatable bonds is 5. The van der Waals surface area contributed by atoms with E-state index in [-0.39, 0.29) is 5.97 Å². The number of esters is 1. The van der Waals surface area contributed by atoms with E-state index in [4.69, 9.17) is 10.5 Å². The number of methoxy groups -OCH3 is 1. The summed E-state index contributed by atoms with van der Waals surface area (Å²) >= 11 is 0. The Morgan fingerprint density at radius 3 is 2.78 bits per heavy atom. The fraction of sp³-hybridized carbons (Fsp3) is 0.692. The van der Waals surface area contributed by atoms with E-state index in [0.717, 1.165) is 37.8 Å². The molecule has 1 heterocycles. The minimum Gasteiger partial charge on any atom is -0.464 e. The van der Waals surface area contributed by atoms with Crippen molar-refractivity contribution in [1.29, 1.82) is 0 Å². The molecule has 0 aromatic carbocycles. The Morgan fingerprint density at radius 1 is 1.56 bits per heavy atom. The molecule has 18 heavy (non-hydrogen) atoms. The predicted molar refractivity (Wildman–Crippen MR) is 69.5 cm³/mol. The van der Waals surface area contributed by atoms with Crippen molar-refractivity contribution in [3.63, 3.8) is 0 Å². The van der Waals surface area contributed by atoms with Gasteiger partial charge in [-0.15, -0.1) is 0 Å². The van der Waals surface area contributed by atoms with Crippen molar-refractivity contribution >= 4 is 11.8 Å². The number of aromatic nitrogens is 2. The Balaban J connectivity index is 2.33. The van der Waals surface area contributed by atoms with Crippen LogP contribution in [0.25, 0.3) is 0 Å². The monoisotopic (exact) mass is 251 g/mol. The highest BCUT2D eigenvalue weighted by atomic mass is 16.5. The Kier molecular flexibility index (Phi) is 3.89. The molecule has 1 aromatic rings. The minimum absolute atomic E-state index is 0.376. The first kappa shape index (κ1) is 12.9. The molecule has 1 aromatic heterocycles. The lowest BCUT2D eigenvalue weighted by Gasteiger charge is -2.25. The highest BCUT2D eigenvalue weighted by molar-refractivity contribution is 5.90. The van der Waals surface area contributed by atoms with Crippen molar-refractivity contribution in [3.8, 4) is 0 Å². The summed E-state index contributed by atoms with van der Waals surface area (Å²) in [5.74, 6) is 0.655. The van der Waals surface area contributed by atoms with Crippen molar-refractivity contribution in [2.24, 2.45) is 0 Å². The van der Waals surface area contributed by atoms with Crippen LogP contribution < -0.4 is 5.73 Å². The Labute approximate surface area is 107 Å². The van der Waals surface area contributed by atoms with Crippen LogP contribution in [0, 0.1) is 0 Å². The fourth-order valence-corrected chi connectivity index (χ4v) is 2.31. The third-order valence-electron chi connectivity index (χ3n) is 3.65. The van der Waals surface area contributed by atoms with Crippen LogP contribution in [0.5, 0.6) is 0 Å². The number of nitrogen functional groups attached to an aromatic ring is 1. The second kappa shape index (κ2) is 5.42. The van der Waals surface area contributed by atoms with Gasteiger partial charge in [0.1, 0.15) is 5.82 Å². The van der Waals surface area contributed by atoms with Crippen LogP contribution >= 0.6 is 0 Å². The van der Waals surface area contributed by atoms with Crippen LogP contribution in [0.4, 0.5) is 5.82 Å². The summed E-state index contributed by atoms with van der Waals surface area (Å²) in [6, 6.07) is 0. The molecular weight excluding hydrogens is 230 g/mol. The zero-order chi connectivity index (χ0) is 13.1. The molecule has 1 aliphatic rings. The molecule has 2 N–H and O–H groups in total. The first-order chi connectivity index (χ1) is 8.69. The molecule has 0 bridgehead atoms. The zero-order valence-corrected chi connectivity index (χ0v) is 11.1. The van der Waals surface area contributed by atoms with Crippen LogP contribution in [0.3, 0.4) is 0 Å². The number of hydrogen-bond donors (Lipinski definition) is 1. The van der Waals surface area contributed by atoms with Gasteiger partial charge >= 0.3 is 5.97 Å². The zero-order valence-electron chi connectivity index (χ0n) is 11.1. The second-order valence-electron chi connectivity index (χ2n) is 4.84. The molecule has 2 rings (SSSR count). The number of carbonyl (C=O) groups is 1. The van der Waals surface area contributed by atoms with Crippen molar-refractivity contribution in [2.75, 3.05) is 12.8 Å². The van der Waals surface area contributed by atoms with Gasteiger partial charge in [-0.05, 0) is 25.2 Å². The average molecular weight is 251 g/mol. The van der Waals surface area contributed by atoms with Gasteiger partial charge in [0.25, 0.3) is 0 Å². The first-order valence-corrected chi connectivity index (χ1v) is 6.63. The van der Waals surface area contributed by atoms with Crippen LogP contribution in [-0.4, -0.2) is 22.9 Å². The molecule has 0 radical (unpaired) electrons. The maximum atomic E-state index is 11.8. The summed E-state index contributed by atoms with van der Waals surface area (Å²) in [5.41, 5.74) is 7.46. The minimum atomic E-state index is -0.376. The smallest absolute Gasteiger partial charge is 0.358 e. The molecule has 100 valence electrons. The van der Waals surface area contributed by atoms with Gasteiger partial charge in [-0.2, -0.15) is 5.10 Å². The lowest BCUT2D eigenvalue weighted by molar-refractivity contribution is 0.0590. The van der Waals surface area contributed by atoms with E-state index < -0.39 is 0 Å². The highest BCUT2D eigenvalue weighted by Gasteiger charge is 2.31. The molecule has 0 saturated heterocycles. The average Bonchev–Trinajstić information content (AvgIpc) is 2.62. The maximum absolute atomic E-state index is 11.8. The molecule has 0 atom stereocenters. The van der Waals surface area contributed by atoms with Gasteiger partial charge in [0.05, 0.1) is 7.11 Å². The second-order valence-corrected chi connectivity index (χ2v) is 4.84. The number of anilines is 1. The van der Waals surface area contributed by atoms with Crippen LogP contribution in [-0.2, 0) is 11.3 Å². The number of carbonyl (C=O) groups excluding carboxylic acids is 1. The van der Waals surface area contributed by atoms with E-state index >= 15 is 0 Å². The third kappa shape index (κ3) is 2.21. The van der Waals surface area contributed by atoms with E-state index in [1.54, 1.807) is 4.68 Å². The molecule has 0 unspecified atom stereocenters. The summed E-state index contributed by atoms with van der Waals surface area (Å²) in [7, 11) is 1.38. The maximum Gasteiger partial charge on any atom is 0.358 e. The number of hydrogen-bond acceptors (Lipinski definition) is 4. The standard InChI is InChI=1S/C13H21N3O2/c1-3-4-8-16-12(14)10(9-6-5-7-9)11(15-16)13(17)18-2/h9H,3-8,14H2,1-2H3. The van der Waals surface area contributed by atoms with Crippen LogP contribution in [0.15, 0.2) is 0 Å². The van der Waals surface area contributed by atoms with E-state index in [1.807, 2.05) is 0 Å². The summed E-state index contributed by atoms with van der Waals surface area (Å²) < 4.78 is 6.55. The summed E-state index contributed by atoms with van der Waals surface area (Å²) in [4.78, 5) is 11.8. The molecular formula is C13H21N3O2. The van der Waals surface area contributed by atoms with E-state index in [1.165, 1.54) is 13.5 Å². The van der Waals surface area contributed by atoms with Crippen LogP contribution in [0.1, 0.15) is 61.0 Å². The van der Waals surface area contributed by atoms with Gasteiger partial charge in [0, 0.05) is 12.1 Å². The van der Waals surface area contributed by atoms with Crippen molar-refractivity contribution in [3.05, 3.63) is 11.3 Å². The molecule has 0 spiro atoms. The molecule has 5 nitrogen and oxygen atoms in total. The normalized spacial score (nSPS) is 15.4. The fourth-order valence-electron chi connectivity index (χ4n) is 2.31. The van der Waals surface area contributed by atoms with Gasteiger partial charge in [-0.25, -0.2) is 9.48 Å². The van der Waals surface area contributed by atoms with Gasteiger partial charge < -0.3 is 10.5 Å². The summed E-state index contributed by atoms with van der Waals surface area (Å²) in [5, 5.41) is 4.34. The molecule has 0 aliphatic heterocycles. The van der Waals surface area contributed by atoms with E-state index in [2.05, 4.69) is 12.0 Å². The van der Waals surface area contributed by atoms with Crippen LogP contribution in [0.2, 0.25) is 0 Å². The molecule has 0 amide bonds. The SMILES string of the molecule is CCCCn1nc(C(=O)OC)c(C2CCC2)c1N. The number of unbranched alkanes of at least 4 members (excludes halogenated alkanes) is 1. The predicted octanol–water partition coefficient (Wildman–Crippen LogP) is 2.32. The molecule has 1 aliphatic carbocycles. The molecule has 5 heteroatoms. The van der Waals surface area contributed by atoms with Crippen molar-refractivity contribution in [2.45, 2.75) is 51.5 Å². The summed E-state index contributed by atoms with van der Waals surface area (Å²) in [6.45, 7) is 2.88. The largest absolute Gasteiger partial charge is 0.464 e. The number of ether oxygens (including phenoxy) is 1. The lowest BCUT2D eigenvalue weighted by Crippen LogP contribution is -2.15. The van der Waals surface area contributed by atoms with Gasteiger partial charge in [-0.3, -0.25) is 0 Å². The molecule has 1 saturated carbocycles. The number of aryl methyl sites for hydroxylation is 1. The van der Waals surface area contributed by atoms with Gasteiger partial charge in [-0.1, -0.05) is 19.8 Å². The van der Waals surface area contributed by atoms with Crippen molar-refractivity contribution < 1.29 is 9.53 Å². The first-order valence-electron chi connectivity index (χ1n) is 6.63. The quantitative estimate of drug-likeness (QED) is 0.815. The number of nitrogens with zero attached hydrogens (tertiary/aromatic N) is 2. The van der Waals surface area contributed by atoms with Gasteiger partial charge in [0.2, 0.25) is 0 Å². The Morgan fingerprint density at radius 2 is 2.28 bits per heavy atom. The molecule has 1 fully saturated rings. The number of nitrogens with two attached hydrogens (primary N) is 1. The Hall–Kier alpha value is -1.52. The third-order valence-corrected chi connectivity index (χ3v) is 3.65. The van der Waals surface area contributed by atoms with E-state index in [0.29, 0.717) is 17.4 Å². The highest BCUT2D eigenvalue weighted by Crippen LogP contribution is 2.41. The Bertz CT molecular complexity index is 436.